The zero-order chi connectivity index (χ0) is 16.1. The Kier molecular flexibility index (Phi) is 6.24. The van der Waals surface area contributed by atoms with Crippen LogP contribution in [0.15, 0.2) is 0 Å². The van der Waals surface area contributed by atoms with Crippen molar-refractivity contribution in [1.82, 2.24) is 10.2 Å². The topological polar surface area (TPSA) is 75.4 Å². The van der Waals surface area contributed by atoms with Crippen LogP contribution in [0.2, 0.25) is 0 Å². The summed E-state index contributed by atoms with van der Waals surface area (Å²) in [5.74, 6) is 0.846. The summed E-state index contributed by atoms with van der Waals surface area (Å²) < 4.78 is 0. The van der Waals surface area contributed by atoms with Gasteiger partial charge in [0, 0.05) is 31.0 Å². The maximum absolute atomic E-state index is 12.4. The van der Waals surface area contributed by atoms with E-state index in [0.717, 1.165) is 38.6 Å². The van der Waals surface area contributed by atoms with Gasteiger partial charge >= 0.3 is 0 Å². The highest BCUT2D eigenvalue weighted by molar-refractivity contribution is 5.81. The first-order valence-electron chi connectivity index (χ1n) is 8.81. The van der Waals surface area contributed by atoms with Crippen molar-refractivity contribution in [2.45, 2.75) is 70.9 Å². The summed E-state index contributed by atoms with van der Waals surface area (Å²) in [6.07, 6.45) is 6.91. The number of nitrogens with zero attached hydrogens (tertiary/aromatic N) is 1. The van der Waals surface area contributed by atoms with Gasteiger partial charge in [-0.2, -0.15) is 0 Å². The number of rotatable bonds is 5. The van der Waals surface area contributed by atoms with E-state index in [9.17, 15) is 9.59 Å². The molecule has 5 nitrogen and oxygen atoms in total. The largest absolute Gasteiger partial charge is 0.353 e. The van der Waals surface area contributed by atoms with Crippen LogP contribution in [0.25, 0.3) is 0 Å². The molecule has 0 bridgehead atoms. The number of nitrogens with two attached hydrogens (primary N) is 1. The lowest BCUT2D eigenvalue weighted by Gasteiger charge is -2.26. The number of amides is 2. The van der Waals surface area contributed by atoms with Crippen molar-refractivity contribution in [3.63, 3.8) is 0 Å². The van der Waals surface area contributed by atoms with Gasteiger partial charge < -0.3 is 16.0 Å². The Balaban J connectivity index is 1.77. The molecule has 1 heterocycles. The minimum Gasteiger partial charge on any atom is -0.353 e. The Morgan fingerprint density at radius 2 is 1.95 bits per heavy atom. The molecule has 0 radical (unpaired) electrons. The Bertz CT molecular complexity index is 393. The van der Waals surface area contributed by atoms with E-state index < -0.39 is 0 Å². The molecular formula is C17H31N3O2. The molecule has 5 heteroatoms. The quantitative estimate of drug-likeness (QED) is 0.811. The highest BCUT2D eigenvalue weighted by Crippen LogP contribution is 2.25. The zero-order valence-electron chi connectivity index (χ0n) is 14.0. The van der Waals surface area contributed by atoms with Gasteiger partial charge in [0.1, 0.15) is 0 Å². The number of carbonyl (C=O) groups excluding carboxylic acids is 2. The SMILES string of the molecule is CC(CC(=O)N1CC(CN)CC1C)NC(=O)C1CCCCC1. The van der Waals surface area contributed by atoms with E-state index in [0.29, 0.717) is 18.9 Å². The third-order valence-electron chi connectivity index (χ3n) is 5.16. The van der Waals surface area contributed by atoms with Crippen molar-refractivity contribution in [2.24, 2.45) is 17.6 Å². The predicted molar refractivity (Wildman–Crippen MR) is 87.1 cm³/mol. The smallest absolute Gasteiger partial charge is 0.224 e. The minimum atomic E-state index is -0.0916. The van der Waals surface area contributed by atoms with Gasteiger partial charge in [-0.25, -0.2) is 0 Å². The molecule has 1 aliphatic heterocycles. The van der Waals surface area contributed by atoms with Crippen molar-refractivity contribution in [3.8, 4) is 0 Å². The number of nitrogens with one attached hydrogen (secondary N) is 1. The van der Waals surface area contributed by atoms with Crippen molar-refractivity contribution in [3.05, 3.63) is 0 Å². The van der Waals surface area contributed by atoms with E-state index in [1.807, 2.05) is 11.8 Å². The standard InChI is InChI=1S/C17H31N3O2/c1-12(19-17(22)15-6-4-3-5-7-15)8-16(21)20-11-14(10-18)9-13(20)2/h12-15H,3-11,18H2,1-2H3,(H,19,22). The number of hydrogen-bond donors (Lipinski definition) is 2. The van der Waals surface area contributed by atoms with Crippen molar-refractivity contribution in [1.29, 1.82) is 0 Å². The Morgan fingerprint density at radius 3 is 2.55 bits per heavy atom. The number of likely N-dealkylation sites (tertiary alicyclic amines) is 1. The van der Waals surface area contributed by atoms with Gasteiger partial charge in [-0.05, 0) is 45.6 Å². The fourth-order valence-electron chi connectivity index (χ4n) is 3.82. The first-order valence-corrected chi connectivity index (χ1v) is 8.81. The van der Waals surface area contributed by atoms with Crippen LogP contribution in [-0.2, 0) is 9.59 Å². The number of carbonyl (C=O) groups is 2. The summed E-state index contributed by atoms with van der Waals surface area (Å²) in [4.78, 5) is 26.6. The highest BCUT2D eigenvalue weighted by Gasteiger charge is 2.32. The molecule has 0 aromatic heterocycles. The molecule has 2 amide bonds. The van der Waals surface area contributed by atoms with Crippen LogP contribution < -0.4 is 11.1 Å². The van der Waals surface area contributed by atoms with Crippen LogP contribution in [0.1, 0.15) is 58.8 Å². The molecule has 1 saturated heterocycles. The van der Waals surface area contributed by atoms with Crippen molar-refractivity contribution < 1.29 is 9.59 Å². The van der Waals surface area contributed by atoms with Crippen molar-refractivity contribution in [2.75, 3.05) is 13.1 Å². The van der Waals surface area contributed by atoms with Gasteiger partial charge in [0.05, 0.1) is 0 Å². The van der Waals surface area contributed by atoms with E-state index >= 15 is 0 Å². The third kappa shape index (κ3) is 4.45. The molecule has 3 atom stereocenters. The lowest BCUT2D eigenvalue weighted by Crippen LogP contribution is -2.42. The maximum atomic E-state index is 12.4. The first-order chi connectivity index (χ1) is 10.5. The summed E-state index contributed by atoms with van der Waals surface area (Å²) in [5, 5.41) is 3.03. The normalized spacial score (nSPS) is 27.7. The van der Waals surface area contributed by atoms with Crippen LogP contribution in [0.5, 0.6) is 0 Å². The first kappa shape index (κ1) is 17.3. The second-order valence-electron chi connectivity index (χ2n) is 7.18. The van der Waals surface area contributed by atoms with Crippen LogP contribution in [-0.4, -0.2) is 41.9 Å². The lowest BCUT2D eigenvalue weighted by atomic mass is 9.88. The molecule has 2 aliphatic rings. The van der Waals surface area contributed by atoms with Crippen LogP contribution >= 0.6 is 0 Å². The molecule has 2 fully saturated rings. The summed E-state index contributed by atoms with van der Waals surface area (Å²) >= 11 is 0. The molecule has 3 N–H and O–H groups in total. The lowest BCUT2D eigenvalue weighted by molar-refractivity contribution is -0.132. The predicted octanol–water partition coefficient (Wildman–Crippen LogP) is 1.66. The molecule has 22 heavy (non-hydrogen) atoms. The second kappa shape index (κ2) is 7.95. The molecule has 1 aliphatic carbocycles. The van der Waals surface area contributed by atoms with Gasteiger partial charge in [0.15, 0.2) is 0 Å². The maximum Gasteiger partial charge on any atom is 0.224 e. The number of hydrogen-bond acceptors (Lipinski definition) is 3. The molecule has 2 rings (SSSR count). The fraction of sp³-hybridized carbons (Fsp3) is 0.882. The van der Waals surface area contributed by atoms with Gasteiger partial charge in [-0.15, -0.1) is 0 Å². The molecular weight excluding hydrogens is 278 g/mol. The summed E-state index contributed by atoms with van der Waals surface area (Å²) in [6.45, 7) is 5.42. The molecule has 0 aromatic rings. The van der Waals surface area contributed by atoms with E-state index in [2.05, 4.69) is 12.2 Å². The van der Waals surface area contributed by atoms with E-state index in [-0.39, 0.29) is 29.8 Å². The summed E-state index contributed by atoms with van der Waals surface area (Å²) in [7, 11) is 0. The minimum absolute atomic E-state index is 0.0916. The van der Waals surface area contributed by atoms with Gasteiger partial charge in [-0.3, -0.25) is 9.59 Å². The molecule has 126 valence electrons. The van der Waals surface area contributed by atoms with E-state index in [4.69, 9.17) is 5.73 Å². The molecule has 1 saturated carbocycles. The Labute approximate surface area is 134 Å². The Morgan fingerprint density at radius 1 is 1.27 bits per heavy atom. The average Bonchev–Trinajstić information content (AvgIpc) is 2.89. The molecule has 3 unspecified atom stereocenters. The Hall–Kier alpha value is -1.10. The van der Waals surface area contributed by atoms with E-state index in [1.54, 1.807) is 0 Å². The van der Waals surface area contributed by atoms with Gasteiger partial charge in [0.25, 0.3) is 0 Å². The second-order valence-corrected chi connectivity index (χ2v) is 7.18. The zero-order valence-corrected chi connectivity index (χ0v) is 14.0. The van der Waals surface area contributed by atoms with Crippen molar-refractivity contribution >= 4 is 11.8 Å². The van der Waals surface area contributed by atoms with Crippen LogP contribution in [0.3, 0.4) is 0 Å². The monoisotopic (exact) mass is 309 g/mol. The highest BCUT2D eigenvalue weighted by atomic mass is 16.2. The third-order valence-corrected chi connectivity index (χ3v) is 5.16. The van der Waals surface area contributed by atoms with Gasteiger partial charge in [0.2, 0.25) is 11.8 Å². The summed E-state index contributed by atoms with van der Waals surface area (Å²) in [5.41, 5.74) is 5.71. The summed E-state index contributed by atoms with van der Waals surface area (Å²) in [6, 6.07) is 0.174. The molecule has 0 aromatic carbocycles. The average molecular weight is 309 g/mol. The van der Waals surface area contributed by atoms with E-state index in [1.165, 1.54) is 6.42 Å². The fourth-order valence-corrected chi connectivity index (χ4v) is 3.82. The van der Waals surface area contributed by atoms with Crippen LogP contribution in [0, 0.1) is 11.8 Å². The molecule has 0 spiro atoms. The van der Waals surface area contributed by atoms with Gasteiger partial charge in [-0.1, -0.05) is 19.3 Å². The van der Waals surface area contributed by atoms with Crippen LogP contribution in [0.4, 0.5) is 0 Å².